The third kappa shape index (κ3) is 3.33. The molecule has 0 saturated carbocycles. The molecule has 0 bridgehead atoms. The van der Waals surface area contributed by atoms with Gasteiger partial charge in [-0.2, -0.15) is 0 Å². The Morgan fingerprint density at radius 1 is 1.21 bits per heavy atom. The van der Waals surface area contributed by atoms with Crippen LogP contribution in [0.4, 0.5) is 4.39 Å². The van der Waals surface area contributed by atoms with Crippen LogP contribution in [-0.2, 0) is 6.54 Å². The average Bonchev–Trinajstić information content (AvgIpc) is 2.38. The quantitative estimate of drug-likeness (QED) is 0.899. The molecule has 0 aliphatic heterocycles. The zero-order valence-electron chi connectivity index (χ0n) is 10.8. The maximum Gasteiger partial charge on any atom is 0.134 e. The molecule has 19 heavy (non-hydrogen) atoms. The van der Waals surface area contributed by atoms with Crippen molar-refractivity contribution < 1.29 is 9.13 Å². The monoisotopic (exact) mass is 323 g/mol. The van der Waals surface area contributed by atoms with Crippen LogP contribution in [0.15, 0.2) is 40.9 Å². The first kappa shape index (κ1) is 14.0. The third-order valence-corrected chi connectivity index (χ3v) is 3.29. The molecule has 1 N–H and O–H groups in total. The summed E-state index contributed by atoms with van der Waals surface area (Å²) in [4.78, 5) is 0. The number of halogens is 2. The van der Waals surface area contributed by atoms with E-state index in [1.165, 1.54) is 6.07 Å². The minimum atomic E-state index is -0.264. The molecule has 0 aliphatic rings. The molecule has 4 heteroatoms. The summed E-state index contributed by atoms with van der Waals surface area (Å²) in [7, 11) is 1.78. The molecule has 0 saturated heterocycles. The molecule has 2 aromatic carbocycles. The highest BCUT2D eigenvalue weighted by Crippen LogP contribution is 2.31. The smallest absolute Gasteiger partial charge is 0.134 e. The number of hydrogen-bond donors (Lipinski definition) is 1. The van der Waals surface area contributed by atoms with Crippen LogP contribution in [0.2, 0.25) is 0 Å². The van der Waals surface area contributed by atoms with E-state index >= 15 is 0 Å². The molecule has 0 aliphatic carbocycles. The summed E-state index contributed by atoms with van der Waals surface area (Å²) in [6.07, 6.45) is 0. The van der Waals surface area contributed by atoms with Crippen LogP contribution >= 0.6 is 15.9 Å². The average molecular weight is 324 g/mol. The van der Waals surface area contributed by atoms with Crippen molar-refractivity contribution >= 4 is 15.9 Å². The van der Waals surface area contributed by atoms with Gasteiger partial charge in [-0.1, -0.05) is 28.1 Å². The van der Waals surface area contributed by atoms with Gasteiger partial charge in [-0.3, -0.25) is 0 Å². The lowest BCUT2D eigenvalue weighted by molar-refractivity contribution is 0.461. The van der Waals surface area contributed by atoms with Gasteiger partial charge in [0.25, 0.3) is 0 Å². The van der Waals surface area contributed by atoms with Crippen molar-refractivity contribution in [2.24, 2.45) is 0 Å². The Balaban J connectivity index is 2.37. The summed E-state index contributed by atoms with van der Waals surface area (Å²) in [6, 6.07) is 10.6. The normalized spacial score (nSPS) is 10.5. The van der Waals surface area contributed by atoms with Crippen LogP contribution in [0.5, 0.6) is 11.5 Å². The minimum Gasteiger partial charge on any atom is -0.457 e. The molecule has 2 nitrogen and oxygen atoms in total. The van der Waals surface area contributed by atoms with Gasteiger partial charge in [0.1, 0.15) is 17.3 Å². The Bertz CT molecular complexity index is 586. The maximum atomic E-state index is 13.8. The number of benzene rings is 2. The molecule has 0 aromatic heterocycles. The van der Waals surface area contributed by atoms with Gasteiger partial charge < -0.3 is 10.1 Å². The summed E-state index contributed by atoms with van der Waals surface area (Å²) in [6.45, 7) is 2.38. The molecule has 0 unspecified atom stereocenters. The van der Waals surface area contributed by atoms with E-state index in [1.54, 1.807) is 19.2 Å². The predicted molar refractivity (Wildman–Crippen MR) is 78.1 cm³/mol. The minimum absolute atomic E-state index is 0.264. The SMILES string of the molecule is CNCc1c(F)cccc1Oc1cc(Br)ccc1C. The van der Waals surface area contributed by atoms with E-state index in [9.17, 15) is 4.39 Å². The van der Waals surface area contributed by atoms with Crippen molar-refractivity contribution in [3.8, 4) is 11.5 Å². The Hall–Kier alpha value is -1.39. The highest BCUT2D eigenvalue weighted by molar-refractivity contribution is 9.10. The van der Waals surface area contributed by atoms with E-state index < -0.39 is 0 Å². The van der Waals surface area contributed by atoms with Gasteiger partial charge >= 0.3 is 0 Å². The number of rotatable bonds is 4. The fraction of sp³-hybridized carbons (Fsp3) is 0.200. The van der Waals surface area contributed by atoms with Crippen molar-refractivity contribution in [3.63, 3.8) is 0 Å². The first-order valence-corrected chi connectivity index (χ1v) is 6.77. The molecule has 100 valence electrons. The lowest BCUT2D eigenvalue weighted by Gasteiger charge is -2.13. The van der Waals surface area contributed by atoms with E-state index in [-0.39, 0.29) is 5.82 Å². The van der Waals surface area contributed by atoms with Gasteiger partial charge in [0.05, 0.1) is 0 Å². The predicted octanol–water partition coefficient (Wildman–Crippen LogP) is 4.41. The maximum absolute atomic E-state index is 13.8. The molecule has 0 spiro atoms. The summed E-state index contributed by atoms with van der Waals surface area (Å²) in [5, 5.41) is 2.95. The molecule has 2 aromatic rings. The van der Waals surface area contributed by atoms with Crippen molar-refractivity contribution in [2.45, 2.75) is 13.5 Å². The number of aryl methyl sites for hydroxylation is 1. The van der Waals surface area contributed by atoms with Crippen molar-refractivity contribution in [1.82, 2.24) is 5.32 Å². The lowest BCUT2D eigenvalue weighted by atomic mass is 10.1. The third-order valence-electron chi connectivity index (χ3n) is 2.80. The zero-order valence-corrected chi connectivity index (χ0v) is 12.4. The van der Waals surface area contributed by atoms with E-state index in [2.05, 4.69) is 21.2 Å². The first-order valence-electron chi connectivity index (χ1n) is 5.98. The highest BCUT2D eigenvalue weighted by Gasteiger charge is 2.11. The van der Waals surface area contributed by atoms with Crippen LogP contribution in [0.3, 0.4) is 0 Å². The van der Waals surface area contributed by atoms with E-state index in [1.807, 2.05) is 25.1 Å². The summed E-state index contributed by atoms with van der Waals surface area (Å²) in [5.74, 6) is 0.993. The molecular weight excluding hydrogens is 309 g/mol. The van der Waals surface area contributed by atoms with Crippen molar-refractivity contribution in [2.75, 3.05) is 7.05 Å². The largest absolute Gasteiger partial charge is 0.457 e. The van der Waals surface area contributed by atoms with Crippen molar-refractivity contribution in [3.05, 3.63) is 57.8 Å². The lowest BCUT2D eigenvalue weighted by Crippen LogP contribution is -2.08. The highest BCUT2D eigenvalue weighted by atomic mass is 79.9. The van der Waals surface area contributed by atoms with Gasteiger partial charge in [0, 0.05) is 16.6 Å². The van der Waals surface area contributed by atoms with Crippen LogP contribution in [0.1, 0.15) is 11.1 Å². The number of ether oxygens (including phenoxy) is 1. The second-order valence-electron chi connectivity index (χ2n) is 4.26. The second-order valence-corrected chi connectivity index (χ2v) is 5.17. The Labute approximate surface area is 120 Å². The topological polar surface area (TPSA) is 21.3 Å². The fourth-order valence-corrected chi connectivity index (χ4v) is 2.13. The molecule has 0 amide bonds. The Morgan fingerprint density at radius 2 is 2.00 bits per heavy atom. The van der Waals surface area contributed by atoms with Crippen molar-refractivity contribution in [1.29, 1.82) is 0 Å². The molecular formula is C15H15BrFNO. The standard InChI is InChI=1S/C15H15BrFNO/c1-10-6-7-11(16)8-15(10)19-14-5-3-4-13(17)12(14)9-18-2/h3-8,18H,9H2,1-2H3. The van der Waals surface area contributed by atoms with E-state index in [4.69, 9.17) is 4.74 Å². The van der Waals surface area contributed by atoms with Crippen LogP contribution in [0.25, 0.3) is 0 Å². The van der Waals surface area contributed by atoms with Crippen LogP contribution < -0.4 is 10.1 Å². The van der Waals surface area contributed by atoms with Crippen LogP contribution in [0, 0.1) is 12.7 Å². The van der Waals surface area contributed by atoms with Gasteiger partial charge in [0.2, 0.25) is 0 Å². The van der Waals surface area contributed by atoms with Gasteiger partial charge in [-0.15, -0.1) is 0 Å². The molecule has 2 rings (SSSR count). The van der Waals surface area contributed by atoms with Crippen LogP contribution in [-0.4, -0.2) is 7.05 Å². The van der Waals surface area contributed by atoms with E-state index in [0.29, 0.717) is 17.9 Å². The van der Waals surface area contributed by atoms with Gasteiger partial charge in [0.15, 0.2) is 0 Å². The Morgan fingerprint density at radius 3 is 2.74 bits per heavy atom. The first-order chi connectivity index (χ1) is 9.11. The summed E-state index contributed by atoms with van der Waals surface area (Å²) in [5.41, 5.74) is 1.53. The fourth-order valence-electron chi connectivity index (χ4n) is 1.79. The number of nitrogens with one attached hydrogen (secondary N) is 1. The summed E-state index contributed by atoms with van der Waals surface area (Å²) >= 11 is 3.41. The zero-order chi connectivity index (χ0) is 13.8. The van der Waals surface area contributed by atoms with Gasteiger partial charge in [-0.25, -0.2) is 4.39 Å². The molecule has 0 heterocycles. The molecule has 0 fully saturated rings. The van der Waals surface area contributed by atoms with E-state index in [0.717, 1.165) is 15.8 Å². The number of hydrogen-bond acceptors (Lipinski definition) is 2. The Kier molecular flexibility index (Phi) is 4.56. The second kappa shape index (κ2) is 6.17. The molecule has 0 atom stereocenters. The molecule has 0 radical (unpaired) electrons. The van der Waals surface area contributed by atoms with Gasteiger partial charge in [-0.05, 0) is 43.8 Å². The summed E-state index contributed by atoms with van der Waals surface area (Å²) < 4.78 is 20.6.